The number of aryl methyl sites for hydroxylation is 1. The van der Waals surface area contributed by atoms with Crippen molar-refractivity contribution in [3.63, 3.8) is 0 Å². The molecule has 0 unspecified atom stereocenters. The molecular formula is C19H24N6OS. The van der Waals surface area contributed by atoms with Crippen molar-refractivity contribution < 1.29 is 4.74 Å². The van der Waals surface area contributed by atoms with E-state index in [-0.39, 0.29) is 0 Å². The smallest absolute Gasteiger partial charge is 0.228 e. The Labute approximate surface area is 163 Å². The number of hydrogen-bond donors (Lipinski definition) is 1. The van der Waals surface area contributed by atoms with Crippen molar-refractivity contribution >= 4 is 23.4 Å². The van der Waals surface area contributed by atoms with Gasteiger partial charge in [-0.1, -0.05) is 41.6 Å². The molecule has 0 atom stereocenters. The molecule has 0 saturated carbocycles. The van der Waals surface area contributed by atoms with E-state index >= 15 is 0 Å². The number of ether oxygens (including phenoxy) is 1. The number of rotatable bonds is 6. The van der Waals surface area contributed by atoms with Crippen LogP contribution < -0.4 is 5.32 Å². The monoisotopic (exact) mass is 384 g/mol. The second-order valence-electron chi connectivity index (χ2n) is 6.57. The summed E-state index contributed by atoms with van der Waals surface area (Å²) >= 11 is 1.54. The maximum absolute atomic E-state index is 5.40. The van der Waals surface area contributed by atoms with Crippen molar-refractivity contribution in [1.29, 1.82) is 0 Å². The van der Waals surface area contributed by atoms with Gasteiger partial charge in [0.25, 0.3) is 0 Å². The fourth-order valence-electron chi connectivity index (χ4n) is 3.15. The molecule has 0 spiro atoms. The van der Waals surface area contributed by atoms with Crippen molar-refractivity contribution in [2.75, 3.05) is 51.0 Å². The highest BCUT2D eigenvalue weighted by atomic mass is 32.2. The van der Waals surface area contributed by atoms with Crippen LogP contribution in [0.25, 0.3) is 16.8 Å². The van der Waals surface area contributed by atoms with Gasteiger partial charge in [-0.3, -0.25) is 4.90 Å². The largest absolute Gasteiger partial charge is 0.379 e. The normalized spacial score (nSPS) is 15.3. The minimum absolute atomic E-state index is 0.732. The van der Waals surface area contributed by atoms with Gasteiger partial charge in [-0.05, 0) is 18.7 Å². The molecule has 1 aliphatic rings. The molecule has 142 valence electrons. The average molecular weight is 385 g/mol. The predicted molar refractivity (Wildman–Crippen MR) is 108 cm³/mol. The summed E-state index contributed by atoms with van der Waals surface area (Å²) in [5.41, 5.74) is 4.19. The van der Waals surface area contributed by atoms with E-state index in [1.807, 2.05) is 12.5 Å². The second-order valence-corrected chi connectivity index (χ2v) is 7.35. The molecule has 1 saturated heterocycles. The molecule has 3 heterocycles. The molecule has 8 heteroatoms. The van der Waals surface area contributed by atoms with Gasteiger partial charge in [0.1, 0.15) is 0 Å². The molecule has 0 bridgehead atoms. The van der Waals surface area contributed by atoms with E-state index in [0.29, 0.717) is 0 Å². The Morgan fingerprint density at radius 3 is 2.67 bits per heavy atom. The van der Waals surface area contributed by atoms with Crippen molar-refractivity contribution in [3.8, 4) is 11.1 Å². The van der Waals surface area contributed by atoms with E-state index < -0.39 is 0 Å². The summed E-state index contributed by atoms with van der Waals surface area (Å²) in [4.78, 5) is 11.7. The van der Waals surface area contributed by atoms with Crippen LogP contribution in [0.5, 0.6) is 0 Å². The third kappa shape index (κ3) is 4.07. The molecule has 1 aliphatic heterocycles. The van der Waals surface area contributed by atoms with Crippen molar-refractivity contribution in [2.45, 2.75) is 12.1 Å². The molecule has 7 nitrogen and oxygen atoms in total. The Morgan fingerprint density at radius 1 is 1.15 bits per heavy atom. The summed E-state index contributed by atoms with van der Waals surface area (Å²) in [6.45, 7) is 7.44. The minimum atomic E-state index is 0.732. The van der Waals surface area contributed by atoms with E-state index in [1.165, 1.54) is 17.3 Å². The summed E-state index contributed by atoms with van der Waals surface area (Å²) in [7, 11) is 0. The maximum atomic E-state index is 5.40. The lowest BCUT2D eigenvalue weighted by Gasteiger charge is -2.26. The van der Waals surface area contributed by atoms with Gasteiger partial charge in [0, 0.05) is 31.7 Å². The molecule has 27 heavy (non-hydrogen) atoms. The number of benzene rings is 1. The third-order valence-electron chi connectivity index (χ3n) is 4.71. The lowest BCUT2D eigenvalue weighted by atomic mass is 10.1. The quantitative estimate of drug-likeness (QED) is 0.655. The molecule has 4 rings (SSSR count). The Balaban J connectivity index is 1.59. The molecule has 0 amide bonds. The first-order valence-electron chi connectivity index (χ1n) is 9.15. The maximum Gasteiger partial charge on any atom is 0.228 e. The molecule has 2 aromatic heterocycles. The standard InChI is InChI=1S/C19H24N6OS/c1-14-3-5-15(6-4-14)16-13-21-25-17(16)22-19(27-2)23-18(25)20-7-8-24-9-11-26-12-10-24/h3-6,13H,7-12H2,1-2H3,(H,20,22,23). The fourth-order valence-corrected chi connectivity index (χ4v) is 3.51. The van der Waals surface area contributed by atoms with Gasteiger partial charge in [0.15, 0.2) is 10.8 Å². The number of anilines is 1. The number of nitrogens with zero attached hydrogens (tertiary/aromatic N) is 5. The minimum Gasteiger partial charge on any atom is -0.379 e. The van der Waals surface area contributed by atoms with Crippen LogP contribution >= 0.6 is 11.8 Å². The van der Waals surface area contributed by atoms with Crippen LogP contribution in [0.1, 0.15) is 5.56 Å². The van der Waals surface area contributed by atoms with Crippen LogP contribution in [0.15, 0.2) is 35.6 Å². The van der Waals surface area contributed by atoms with Gasteiger partial charge >= 0.3 is 0 Å². The van der Waals surface area contributed by atoms with Gasteiger partial charge in [-0.25, -0.2) is 4.98 Å². The zero-order valence-corrected chi connectivity index (χ0v) is 16.5. The topological polar surface area (TPSA) is 67.6 Å². The lowest BCUT2D eigenvalue weighted by molar-refractivity contribution is 0.0398. The van der Waals surface area contributed by atoms with Crippen LogP contribution in [-0.4, -0.2) is 70.1 Å². The summed E-state index contributed by atoms with van der Waals surface area (Å²) in [6, 6.07) is 8.44. The van der Waals surface area contributed by atoms with E-state index in [2.05, 4.69) is 51.5 Å². The zero-order valence-electron chi connectivity index (χ0n) is 15.7. The number of thioether (sulfide) groups is 1. The number of hydrogen-bond acceptors (Lipinski definition) is 7. The first kappa shape index (κ1) is 18.2. The average Bonchev–Trinajstić information content (AvgIpc) is 3.13. The Kier molecular flexibility index (Phi) is 5.56. The SMILES string of the molecule is CSc1nc(NCCN2CCOCC2)n2ncc(-c3ccc(C)cc3)c2n1. The summed E-state index contributed by atoms with van der Waals surface area (Å²) in [6.07, 6.45) is 3.86. The van der Waals surface area contributed by atoms with E-state index in [4.69, 9.17) is 9.72 Å². The number of morpholine rings is 1. The highest BCUT2D eigenvalue weighted by Crippen LogP contribution is 2.26. The van der Waals surface area contributed by atoms with Crippen LogP contribution in [0.4, 0.5) is 5.95 Å². The molecule has 1 fully saturated rings. The summed E-state index contributed by atoms with van der Waals surface area (Å²) in [5, 5.41) is 8.72. The van der Waals surface area contributed by atoms with Crippen molar-refractivity contribution in [3.05, 3.63) is 36.0 Å². The highest BCUT2D eigenvalue weighted by molar-refractivity contribution is 7.98. The number of aromatic nitrogens is 4. The van der Waals surface area contributed by atoms with Crippen molar-refractivity contribution in [1.82, 2.24) is 24.5 Å². The number of nitrogens with one attached hydrogen (secondary N) is 1. The van der Waals surface area contributed by atoms with Gasteiger partial charge in [-0.2, -0.15) is 14.6 Å². The third-order valence-corrected chi connectivity index (χ3v) is 5.26. The van der Waals surface area contributed by atoms with Crippen LogP contribution in [-0.2, 0) is 4.74 Å². The van der Waals surface area contributed by atoms with Gasteiger partial charge < -0.3 is 10.1 Å². The summed E-state index contributed by atoms with van der Waals surface area (Å²) in [5.74, 6) is 0.732. The molecule has 0 radical (unpaired) electrons. The van der Waals surface area contributed by atoms with Crippen LogP contribution in [0, 0.1) is 6.92 Å². The van der Waals surface area contributed by atoms with E-state index in [1.54, 1.807) is 4.52 Å². The molecule has 1 N–H and O–H groups in total. The molecule has 1 aromatic carbocycles. The predicted octanol–water partition coefficient (Wildman–Crippen LogP) is 2.57. The number of fused-ring (bicyclic) bond motifs is 1. The van der Waals surface area contributed by atoms with E-state index in [9.17, 15) is 0 Å². The first-order valence-corrected chi connectivity index (χ1v) is 10.4. The van der Waals surface area contributed by atoms with Gasteiger partial charge in [0.05, 0.1) is 19.4 Å². The fraction of sp³-hybridized carbons (Fsp3) is 0.421. The Hall–Kier alpha value is -2.16. The van der Waals surface area contributed by atoms with Gasteiger partial charge in [0.2, 0.25) is 5.95 Å². The summed E-state index contributed by atoms with van der Waals surface area (Å²) < 4.78 is 7.20. The van der Waals surface area contributed by atoms with E-state index in [0.717, 1.165) is 67.3 Å². The Bertz CT molecular complexity index is 904. The molecular weight excluding hydrogens is 360 g/mol. The molecule has 0 aliphatic carbocycles. The van der Waals surface area contributed by atoms with Crippen LogP contribution in [0.2, 0.25) is 0 Å². The van der Waals surface area contributed by atoms with Gasteiger partial charge in [-0.15, -0.1) is 0 Å². The lowest BCUT2D eigenvalue weighted by Crippen LogP contribution is -2.39. The second kappa shape index (κ2) is 8.24. The molecule has 3 aromatic rings. The first-order chi connectivity index (χ1) is 13.2. The Morgan fingerprint density at radius 2 is 1.93 bits per heavy atom. The zero-order chi connectivity index (χ0) is 18.6. The highest BCUT2D eigenvalue weighted by Gasteiger charge is 2.15. The van der Waals surface area contributed by atoms with Crippen LogP contribution in [0.3, 0.4) is 0 Å². The van der Waals surface area contributed by atoms with Crippen molar-refractivity contribution in [2.24, 2.45) is 0 Å².